The van der Waals surface area contributed by atoms with E-state index in [0.29, 0.717) is 18.5 Å². The number of carbonyl (C=O) groups is 1. The predicted molar refractivity (Wildman–Crippen MR) is 93.5 cm³/mol. The van der Waals surface area contributed by atoms with Gasteiger partial charge in [0, 0.05) is 12.0 Å². The molecule has 26 heavy (non-hydrogen) atoms. The van der Waals surface area contributed by atoms with Crippen molar-refractivity contribution in [3.63, 3.8) is 0 Å². The minimum Gasteiger partial charge on any atom is -0.354 e. The van der Waals surface area contributed by atoms with Crippen molar-refractivity contribution in [1.29, 1.82) is 0 Å². The zero-order valence-electron chi connectivity index (χ0n) is 14.2. The lowest BCUT2D eigenvalue weighted by Gasteiger charge is -2.20. The van der Waals surface area contributed by atoms with Crippen molar-refractivity contribution >= 4 is 5.91 Å². The van der Waals surface area contributed by atoms with E-state index >= 15 is 0 Å². The molecule has 1 aliphatic rings. The van der Waals surface area contributed by atoms with E-state index in [4.69, 9.17) is 5.73 Å². The first-order chi connectivity index (χ1) is 12.3. The maximum Gasteiger partial charge on any atom is 0.416 e. The molecule has 138 valence electrons. The van der Waals surface area contributed by atoms with Crippen LogP contribution in [0, 0.1) is 0 Å². The van der Waals surface area contributed by atoms with Crippen LogP contribution in [0.3, 0.4) is 0 Å². The van der Waals surface area contributed by atoms with Crippen molar-refractivity contribution in [1.82, 2.24) is 5.32 Å². The molecular weight excluding hydrogens is 341 g/mol. The molecule has 1 saturated carbocycles. The summed E-state index contributed by atoms with van der Waals surface area (Å²) in [4.78, 5) is 12.3. The zero-order valence-corrected chi connectivity index (χ0v) is 14.2. The number of halogens is 3. The average molecular weight is 362 g/mol. The minimum absolute atomic E-state index is 0.285. The Morgan fingerprint density at radius 3 is 2.42 bits per heavy atom. The molecule has 1 fully saturated rings. The van der Waals surface area contributed by atoms with Crippen LogP contribution >= 0.6 is 0 Å². The van der Waals surface area contributed by atoms with E-state index in [2.05, 4.69) is 5.32 Å². The van der Waals surface area contributed by atoms with Crippen LogP contribution < -0.4 is 11.1 Å². The van der Waals surface area contributed by atoms with Gasteiger partial charge in [0.25, 0.3) is 0 Å². The van der Waals surface area contributed by atoms with Gasteiger partial charge in [-0.05, 0) is 36.5 Å². The van der Waals surface area contributed by atoms with Gasteiger partial charge in [0.05, 0.1) is 11.6 Å². The van der Waals surface area contributed by atoms with Crippen molar-refractivity contribution in [3.05, 3.63) is 71.3 Å². The second kappa shape index (κ2) is 7.11. The Morgan fingerprint density at radius 2 is 1.81 bits per heavy atom. The first-order valence-electron chi connectivity index (χ1n) is 8.55. The Bertz CT molecular complexity index is 770. The van der Waals surface area contributed by atoms with Gasteiger partial charge in [0.2, 0.25) is 5.91 Å². The van der Waals surface area contributed by atoms with E-state index in [1.165, 1.54) is 12.1 Å². The maximum absolute atomic E-state index is 12.9. The van der Waals surface area contributed by atoms with Gasteiger partial charge in [-0.3, -0.25) is 4.79 Å². The van der Waals surface area contributed by atoms with Gasteiger partial charge in [-0.15, -0.1) is 0 Å². The third-order valence-corrected chi connectivity index (χ3v) is 4.89. The molecule has 1 aliphatic carbocycles. The largest absolute Gasteiger partial charge is 0.416 e. The molecule has 2 aromatic carbocycles. The number of nitrogens with two attached hydrogens (primary N) is 1. The summed E-state index contributed by atoms with van der Waals surface area (Å²) in [5.74, 6) is -0.285. The normalized spacial score (nSPS) is 16.8. The Labute approximate surface area is 150 Å². The van der Waals surface area contributed by atoms with Crippen molar-refractivity contribution in [2.75, 3.05) is 6.54 Å². The number of hydrogen-bond donors (Lipinski definition) is 2. The third kappa shape index (κ3) is 4.25. The topological polar surface area (TPSA) is 55.1 Å². The molecule has 1 amide bonds. The summed E-state index contributed by atoms with van der Waals surface area (Å²) in [6, 6.07) is 14.1. The third-order valence-electron chi connectivity index (χ3n) is 4.89. The van der Waals surface area contributed by atoms with Crippen LogP contribution in [0.4, 0.5) is 13.2 Å². The molecule has 0 unspecified atom stereocenters. The fourth-order valence-corrected chi connectivity index (χ4v) is 3.09. The molecule has 6 heteroatoms. The van der Waals surface area contributed by atoms with Crippen LogP contribution in [0.5, 0.6) is 0 Å². The number of hydrogen-bond acceptors (Lipinski definition) is 2. The molecule has 2 aromatic rings. The summed E-state index contributed by atoms with van der Waals surface area (Å²) < 4.78 is 38.8. The lowest BCUT2D eigenvalue weighted by molar-refractivity contribution is -0.137. The molecule has 1 atom stereocenters. The second-order valence-corrected chi connectivity index (χ2v) is 6.87. The lowest BCUT2D eigenvalue weighted by Crippen LogP contribution is -2.44. The minimum atomic E-state index is -4.37. The smallest absolute Gasteiger partial charge is 0.354 e. The maximum atomic E-state index is 12.9. The Balaban J connectivity index is 1.61. The highest BCUT2D eigenvalue weighted by Gasteiger charge is 2.45. The van der Waals surface area contributed by atoms with E-state index in [0.717, 1.165) is 24.5 Å². The van der Waals surface area contributed by atoms with Crippen LogP contribution in [-0.2, 0) is 22.8 Å². The highest BCUT2D eigenvalue weighted by Crippen LogP contribution is 2.48. The highest BCUT2D eigenvalue weighted by molar-refractivity contribution is 5.82. The van der Waals surface area contributed by atoms with Gasteiger partial charge in [0.15, 0.2) is 0 Å². The standard InChI is InChI=1S/C20H21F3N2O/c21-20(22,23)16-8-4-7-15(12-16)19(9-10-19)13-25-18(26)17(24)11-14-5-2-1-3-6-14/h1-8,12,17H,9-11,13,24H2,(H,25,26)/t17-/m0/s1. The Hall–Kier alpha value is -2.34. The molecule has 0 aliphatic heterocycles. The summed E-state index contributed by atoms with van der Waals surface area (Å²) in [7, 11) is 0. The molecule has 3 N–H and O–H groups in total. The molecule has 0 aromatic heterocycles. The second-order valence-electron chi connectivity index (χ2n) is 6.87. The van der Waals surface area contributed by atoms with Gasteiger partial charge < -0.3 is 11.1 Å². The number of rotatable bonds is 6. The van der Waals surface area contributed by atoms with Crippen molar-refractivity contribution in [2.24, 2.45) is 5.73 Å². The Kier molecular flexibility index (Phi) is 5.05. The lowest BCUT2D eigenvalue weighted by atomic mass is 9.94. The summed E-state index contributed by atoms with van der Waals surface area (Å²) in [5.41, 5.74) is 6.47. The van der Waals surface area contributed by atoms with Crippen molar-refractivity contribution in [2.45, 2.75) is 36.9 Å². The average Bonchev–Trinajstić information content (AvgIpc) is 3.41. The van der Waals surface area contributed by atoms with Crippen molar-refractivity contribution in [3.8, 4) is 0 Å². The number of amides is 1. The SMILES string of the molecule is N[C@@H](Cc1ccccc1)C(=O)NCC1(c2cccc(C(F)(F)F)c2)CC1. The molecule has 3 nitrogen and oxygen atoms in total. The number of benzene rings is 2. The molecule has 0 spiro atoms. The van der Waals surface area contributed by atoms with E-state index in [-0.39, 0.29) is 5.91 Å². The quantitative estimate of drug-likeness (QED) is 0.827. The van der Waals surface area contributed by atoms with E-state index < -0.39 is 23.2 Å². The summed E-state index contributed by atoms with van der Waals surface area (Å²) in [6.07, 6.45) is -2.44. The fourth-order valence-electron chi connectivity index (χ4n) is 3.09. The zero-order chi connectivity index (χ0) is 18.8. The molecule has 0 radical (unpaired) electrons. The number of nitrogens with one attached hydrogen (secondary N) is 1. The van der Waals surface area contributed by atoms with Crippen LogP contribution in [0.1, 0.15) is 29.5 Å². The highest BCUT2D eigenvalue weighted by atomic mass is 19.4. The fraction of sp³-hybridized carbons (Fsp3) is 0.350. The van der Waals surface area contributed by atoms with Crippen LogP contribution in [0.2, 0.25) is 0 Å². The molecule has 0 bridgehead atoms. The van der Waals surface area contributed by atoms with Gasteiger partial charge in [0.1, 0.15) is 0 Å². The van der Waals surface area contributed by atoms with Gasteiger partial charge in [-0.25, -0.2) is 0 Å². The van der Waals surface area contributed by atoms with Crippen LogP contribution in [0.25, 0.3) is 0 Å². The van der Waals surface area contributed by atoms with E-state index in [1.807, 2.05) is 30.3 Å². The van der Waals surface area contributed by atoms with Gasteiger partial charge >= 0.3 is 6.18 Å². The molecular formula is C20H21F3N2O. The van der Waals surface area contributed by atoms with E-state index in [1.54, 1.807) is 6.07 Å². The van der Waals surface area contributed by atoms with Crippen LogP contribution in [-0.4, -0.2) is 18.5 Å². The van der Waals surface area contributed by atoms with Crippen LogP contribution in [0.15, 0.2) is 54.6 Å². The predicted octanol–water partition coefficient (Wildman–Crippen LogP) is 3.42. The monoisotopic (exact) mass is 362 g/mol. The summed E-state index contributed by atoms with van der Waals surface area (Å²) in [6.45, 7) is 0.301. The van der Waals surface area contributed by atoms with Gasteiger partial charge in [-0.2, -0.15) is 13.2 Å². The Morgan fingerprint density at radius 1 is 1.12 bits per heavy atom. The summed E-state index contributed by atoms with van der Waals surface area (Å²) in [5, 5.41) is 2.82. The first-order valence-corrected chi connectivity index (χ1v) is 8.55. The molecule has 0 heterocycles. The first kappa shape index (κ1) is 18.5. The summed E-state index contributed by atoms with van der Waals surface area (Å²) >= 11 is 0. The number of alkyl halides is 3. The molecule has 0 saturated heterocycles. The molecule has 3 rings (SSSR count). The van der Waals surface area contributed by atoms with E-state index in [9.17, 15) is 18.0 Å². The van der Waals surface area contributed by atoms with Crippen molar-refractivity contribution < 1.29 is 18.0 Å². The van der Waals surface area contributed by atoms with Gasteiger partial charge in [-0.1, -0.05) is 48.5 Å². The number of carbonyl (C=O) groups excluding carboxylic acids is 1.